The van der Waals surface area contributed by atoms with Crippen LogP contribution in [-0.4, -0.2) is 16.3 Å². The molecule has 1 fully saturated rings. The molecule has 1 aliphatic carbocycles. The van der Waals surface area contributed by atoms with Gasteiger partial charge in [0.2, 0.25) is 0 Å². The number of aliphatic hydroxyl groups excluding tert-OH is 1. The van der Waals surface area contributed by atoms with Crippen LogP contribution in [0.1, 0.15) is 29.5 Å². The summed E-state index contributed by atoms with van der Waals surface area (Å²) in [5, 5.41) is 9.82. The van der Waals surface area contributed by atoms with E-state index in [0.717, 1.165) is 17.4 Å². The highest BCUT2D eigenvalue weighted by molar-refractivity contribution is 9.10. The molecule has 0 saturated heterocycles. The molecule has 1 aromatic carbocycles. The predicted octanol–water partition coefficient (Wildman–Crippen LogP) is 4.32. The number of halogens is 1. The molecular formula is C18H20BrNO. The maximum Gasteiger partial charge on any atom is 0.0471 e. The Morgan fingerprint density at radius 2 is 2.00 bits per heavy atom. The van der Waals surface area contributed by atoms with Crippen LogP contribution in [0.5, 0.6) is 0 Å². The van der Waals surface area contributed by atoms with Gasteiger partial charge in [-0.05, 0) is 48.1 Å². The molecule has 2 nitrogen and oxygen atoms in total. The van der Waals surface area contributed by atoms with Crippen LogP contribution in [0.4, 0.5) is 0 Å². The van der Waals surface area contributed by atoms with Crippen molar-refractivity contribution >= 4 is 15.9 Å². The van der Waals surface area contributed by atoms with Crippen LogP contribution in [0.25, 0.3) is 0 Å². The van der Waals surface area contributed by atoms with Crippen LogP contribution in [0, 0.1) is 5.92 Å². The van der Waals surface area contributed by atoms with E-state index in [1.165, 1.54) is 11.3 Å². The first-order chi connectivity index (χ1) is 10.2. The third-order valence-corrected chi connectivity index (χ3v) is 5.15. The van der Waals surface area contributed by atoms with Gasteiger partial charge in [0.25, 0.3) is 0 Å². The number of hydrogen-bond donors (Lipinski definition) is 1. The predicted molar refractivity (Wildman–Crippen MR) is 89.4 cm³/mol. The van der Waals surface area contributed by atoms with E-state index in [4.69, 9.17) is 0 Å². The lowest BCUT2D eigenvalue weighted by Gasteiger charge is -2.44. The molecule has 3 heteroatoms. The molecule has 0 bridgehead atoms. The second-order valence-corrected chi connectivity index (χ2v) is 6.64. The largest absolute Gasteiger partial charge is 0.396 e. The van der Waals surface area contributed by atoms with Crippen molar-refractivity contribution in [3.05, 3.63) is 71.0 Å². The van der Waals surface area contributed by atoms with Crippen molar-refractivity contribution in [2.45, 2.75) is 24.8 Å². The average Bonchev–Trinajstić information content (AvgIpc) is 2.89. The topological polar surface area (TPSA) is 25.2 Å². The summed E-state index contributed by atoms with van der Waals surface area (Å²) in [6, 6.07) is 12.7. The molecule has 1 heterocycles. The molecule has 0 radical (unpaired) electrons. The third-order valence-electron chi connectivity index (χ3n) is 4.62. The summed E-state index contributed by atoms with van der Waals surface area (Å²) in [7, 11) is 0. The quantitative estimate of drug-likeness (QED) is 0.802. The highest BCUT2D eigenvalue weighted by atomic mass is 79.9. The summed E-state index contributed by atoms with van der Waals surface area (Å²) in [6.07, 6.45) is 5.12. The second-order valence-electron chi connectivity index (χ2n) is 5.72. The highest BCUT2D eigenvalue weighted by Crippen LogP contribution is 2.52. The molecule has 3 unspecified atom stereocenters. The van der Waals surface area contributed by atoms with Gasteiger partial charge in [-0.15, -0.1) is 6.58 Å². The van der Waals surface area contributed by atoms with Crippen molar-refractivity contribution in [3.8, 4) is 0 Å². The zero-order chi connectivity index (χ0) is 14.8. The van der Waals surface area contributed by atoms with Gasteiger partial charge < -0.3 is 9.67 Å². The van der Waals surface area contributed by atoms with Gasteiger partial charge in [0.15, 0.2) is 0 Å². The van der Waals surface area contributed by atoms with Crippen LogP contribution < -0.4 is 0 Å². The maximum absolute atomic E-state index is 9.82. The smallest absolute Gasteiger partial charge is 0.0471 e. The lowest BCUT2D eigenvalue weighted by molar-refractivity contribution is 0.102. The molecular weight excluding hydrogens is 326 g/mol. The summed E-state index contributed by atoms with van der Waals surface area (Å²) < 4.78 is 3.33. The van der Waals surface area contributed by atoms with E-state index in [-0.39, 0.29) is 6.61 Å². The number of allylic oxidation sites excluding steroid dienone is 1. The minimum absolute atomic E-state index is 0.241. The number of nitrogens with zero attached hydrogens (tertiary/aromatic N) is 1. The summed E-state index contributed by atoms with van der Waals surface area (Å²) in [5.74, 6) is 1.21. The summed E-state index contributed by atoms with van der Waals surface area (Å²) in [6.45, 7) is 4.89. The van der Waals surface area contributed by atoms with Gasteiger partial charge in [0, 0.05) is 35.4 Å². The normalized spacial score (nSPS) is 24.6. The third kappa shape index (κ3) is 2.72. The van der Waals surface area contributed by atoms with Crippen molar-refractivity contribution in [2.75, 3.05) is 6.61 Å². The number of benzene rings is 1. The Morgan fingerprint density at radius 3 is 2.67 bits per heavy atom. The Hall–Kier alpha value is -1.32. The number of rotatable bonds is 5. The Bertz CT molecular complexity index is 616. The van der Waals surface area contributed by atoms with Gasteiger partial charge in [0.05, 0.1) is 0 Å². The van der Waals surface area contributed by atoms with Crippen LogP contribution in [-0.2, 0) is 6.54 Å². The van der Waals surface area contributed by atoms with Gasteiger partial charge in [-0.2, -0.15) is 0 Å². The van der Waals surface area contributed by atoms with E-state index in [0.29, 0.717) is 17.8 Å². The fourth-order valence-electron chi connectivity index (χ4n) is 3.46. The van der Waals surface area contributed by atoms with E-state index >= 15 is 0 Å². The van der Waals surface area contributed by atoms with Crippen molar-refractivity contribution < 1.29 is 5.11 Å². The number of aliphatic hydroxyl groups is 1. The standard InChI is InChI=1S/C18H20BrNO/c1-2-9-20-10-3-4-18(20)16-11-15(17(16)12-21)13-5-7-14(19)8-6-13/h2-8,10,15-17,21H,1,9,11-12H2. The second kappa shape index (κ2) is 6.20. The fourth-order valence-corrected chi connectivity index (χ4v) is 3.73. The Kier molecular flexibility index (Phi) is 4.32. The molecule has 0 amide bonds. The number of hydrogen-bond acceptors (Lipinski definition) is 1. The lowest BCUT2D eigenvalue weighted by atomic mass is 9.61. The summed E-state index contributed by atoms with van der Waals surface area (Å²) in [4.78, 5) is 0. The van der Waals surface area contributed by atoms with Crippen LogP contribution >= 0.6 is 15.9 Å². The first-order valence-corrected chi connectivity index (χ1v) is 8.16. The van der Waals surface area contributed by atoms with Crippen LogP contribution in [0.2, 0.25) is 0 Å². The Balaban J connectivity index is 1.80. The first-order valence-electron chi connectivity index (χ1n) is 7.37. The highest BCUT2D eigenvalue weighted by Gasteiger charge is 2.43. The minimum Gasteiger partial charge on any atom is -0.396 e. The average molecular weight is 346 g/mol. The van der Waals surface area contributed by atoms with Gasteiger partial charge >= 0.3 is 0 Å². The number of aromatic nitrogens is 1. The zero-order valence-electron chi connectivity index (χ0n) is 12.0. The monoisotopic (exact) mass is 345 g/mol. The molecule has 2 aromatic rings. The molecule has 1 aliphatic rings. The van der Waals surface area contributed by atoms with Gasteiger partial charge in [-0.3, -0.25) is 0 Å². The molecule has 3 atom stereocenters. The molecule has 1 saturated carbocycles. The van der Waals surface area contributed by atoms with E-state index in [1.807, 2.05) is 6.08 Å². The van der Waals surface area contributed by atoms with Gasteiger partial charge in [-0.1, -0.05) is 34.1 Å². The van der Waals surface area contributed by atoms with Crippen molar-refractivity contribution in [3.63, 3.8) is 0 Å². The minimum atomic E-state index is 0.241. The van der Waals surface area contributed by atoms with Crippen molar-refractivity contribution in [1.82, 2.24) is 4.57 Å². The van der Waals surface area contributed by atoms with Crippen molar-refractivity contribution in [2.24, 2.45) is 5.92 Å². The zero-order valence-corrected chi connectivity index (χ0v) is 13.5. The Morgan fingerprint density at radius 1 is 1.24 bits per heavy atom. The Labute approximate surface area is 134 Å². The van der Waals surface area contributed by atoms with E-state index in [2.05, 4.69) is 69.7 Å². The fraction of sp³-hybridized carbons (Fsp3) is 0.333. The summed E-state index contributed by atoms with van der Waals surface area (Å²) in [5.41, 5.74) is 2.65. The van der Waals surface area contributed by atoms with Gasteiger partial charge in [-0.25, -0.2) is 0 Å². The van der Waals surface area contributed by atoms with Crippen LogP contribution in [0.15, 0.2) is 59.7 Å². The molecule has 3 rings (SSSR count). The molecule has 110 valence electrons. The SMILES string of the molecule is C=CCn1cccc1C1CC(c2ccc(Br)cc2)C1CO. The first kappa shape index (κ1) is 14.6. The summed E-state index contributed by atoms with van der Waals surface area (Å²) >= 11 is 3.47. The molecule has 0 aliphatic heterocycles. The van der Waals surface area contributed by atoms with E-state index in [9.17, 15) is 5.11 Å². The van der Waals surface area contributed by atoms with Crippen molar-refractivity contribution in [1.29, 1.82) is 0 Å². The van der Waals surface area contributed by atoms with E-state index < -0.39 is 0 Å². The molecule has 21 heavy (non-hydrogen) atoms. The van der Waals surface area contributed by atoms with E-state index in [1.54, 1.807) is 0 Å². The van der Waals surface area contributed by atoms with Crippen LogP contribution in [0.3, 0.4) is 0 Å². The van der Waals surface area contributed by atoms with Gasteiger partial charge in [0.1, 0.15) is 0 Å². The molecule has 1 N–H and O–H groups in total. The molecule has 1 aromatic heterocycles. The lowest BCUT2D eigenvalue weighted by Crippen LogP contribution is -2.36. The molecule has 0 spiro atoms. The maximum atomic E-state index is 9.82.